The third-order valence-electron chi connectivity index (χ3n) is 4.00. The molecule has 2 aromatic carbocycles. The Morgan fingerprint density at radius 2 is 1.86 bits per heavy atom. The van der Waals surface area contributed by atoms with E-state index in [1.54, 1.807) is 31.9 Å². The molecule has 154 valence electrons. The summed E-state index contributed by atoms with van der Waals surface area (Å²) >= 11 is 3.47. The molecule has 0 spiro atoms. The lowest BCUT2D eigenvalue weighted by Gasteiger charge is -2.22. The van der Waals surface area contributed by atoms with Crippen molar-refractivity contribution in [1.29, 1.82) is 0 Å². The molecule has 0 amide bonds. The zero-order valence-electron chi connectivity index (χ0n) is 16.3. The second kappa shape index (κ2) is 9.23. The first-order chi connectivity index (χ1) is 13.6. The molecule has 0 unspecified atom stereocenters. The summed E-state index contributed by atoms with van der Waals surface area (Å²) < 4.78 is 46.8. The minimum absolute atomic E-state index is 0.206. The molecule has 0 saturated heterocycles. The summed E-state index contributed by atoms with van der Waals surface area (Å²) in [5, 5.41) is 0. The van der Waals surface area contributed by atoms with Gasteiger partial charge in [0, 0.05) is 13.1 Å². The average Bonchev–Trinajstić information content (AvgIpc) is 2.62. The fourth-order valence-corrected chi connectivity index (χ4v) is 3.69. The SMILES string of the molecule is CC#CN(C)c1c(C)c(-c2ccc(OC(F)(F)F)cc2)cc(C(=O)OCC)c1Br. The number of rotatable bonds is 5. The van der Waals surface area contributed by atoms with E-state index >= 15 is 0 Å². The number of carbonyl (C=O) groups is 1. The molecule has 0 N–H and O–H groups in total. The van der Waals surface area contributed by atoms with Crippen LogP contribution in [0.5, 0.6) is 5.75 Å². The van der Waals surface area contributed by atoms with Gasteiger partial charge in [0.2, 0.25) is 0 Å². The lowest BCUT2D eigenvalue weighted by atomic mass is 9.96. The fourth-order valence-electron chi connectivity index (χ4n) is 2.85. The predicted molar refractivity (Wildman–Crippen MR) is 109 cm³/mol. The van der Waals surface area contributed by atoms with Crippen LogP contribution in [-0.4, -0.2) is 26.0 Å². The highest BCUT2D eigenvalue weighted by molar-refractivity contribution is 9.10. The summed E-state index contributed by atoms with van der Waals surface area (Å²) in [5.74, 6) is 1.96. The molecular weight excluding hydrogens is 451 g/mol. The molecule has 0 aromatic heterocycles. The van der Waals surface area contributed by atoms with E-state index in [0.29, 0.717) is 26.9 Å². The second-order valence-electron chi connectivity index (χ2n) is 5.97. The molecule has 0 aliphatic heterocycles. The number of nitrogens with zero attached hydrogens (tertiary/aromatic N) is 1. The molecule has 0 aliphatic rings. The van der Waals surface area contributed by atoms with Gasteiger partial charge in [0.25, 0.3) is 0 Å². The first-order valence-electron chi connectivity index (χ1n) is 8.61. The third kappa shape index (κ3) is 5.45. The monoisotopic (exact) mass is 469 g/mol. The smallest absolute Gasteiger partial charge is 0.462 e. The minimum atomic E-state index is -4.76. The summed E-state index contributed by atoms with van der Waals surface area (Å²) in [6, 6.07) is 10.0. The number of hydrogen-bond donors (Lipinski definition) is 0. The van der Waals surface area contributed by atoms with E-state index in [9.17, 15) is 18.0 Å². The Balaban J connectivity index is 2.63. The molecule has 8 heteroatoms. The number of hydrogen-bond acceptors (Lipinski definition) is 4. The van der Waals surface area contributed by atoms with Gasteiger partial charge in [-0.3, -0.25) is 0 Å². The number of benzene rings is 2. The number of ether oxygens (including phenoxy) is 2. The Kier molecular flexibility index (Phi) is 7.20. The number of esters is 1. The van der Waals surface area contributed by atoms with Crippen molar-refractivity contribution in [2.24, 2.45) is 0 Å². The van der Waals surface area contributed by atoms with Crippen molar-refractivity contribution in [3.8, 4) is 28.8 Å². The van der Waals surface area contributed by atoms with Crippen LogP contribution in [-0.2, 0) is 4.74 Å². The molecule has 0 atom stereocenters. The molecule has 0 saturated carbocycles. The summed E-state index contributed by atoms with van der Waals surface area (Å²) in [5.41, 5.74) is 3.03. The van der Waals surface area contributed by atoms with E-state index in [0.717, 1.165) is 5.56 Å². The van der Waals surface area contributed by atoms with E-state index < -0.39 is 12.3 Å². The highest BCUT2D eigenvalue weighted by Gasteiger charge is 2.31. The van der Waals surface area contributed by atoms with Gasteiger partial charge < -0.3 is 14.4 Å². The van der Waals surface area contributed by atoms with Crippen molar-refractivity contribution in [3.63, 3.8) is 0 Å². The first-order valence-corrected chi connectivity index (χ1v) is 9.40. The molecule has 0 radical (unpaired) electrons. The van der Waals surface area contributed by atoms with Gasteiger partial charge in [-0.25, -0.2) is 4.79 Å². The summed E-state index contributed by atoms with van der Waals surface area (Å²) in [6.07, 6.45) is -4.76. The van der Waals surface area contributed by atoms with Crippen LogP contribution in [0.25, 0.3) is 11.1 Å². The molecule has 2 rings (SSSR count). The highest BCUT2D eigenvalue weighted by atomic mass is 79.9. The Morgan fingerprint density at radius 1 is 1.24 bits per heavy atom. The van der Waals surface area contributed by atoms with Crippen molar-refractivity contribution < 1.29 is 27.4 Å². The quantitative estimate of drug-likeness (QED) is 0.309. The van der Waals surface area contributed by atoms with Crippen molar-refractivity contribution >= 4 is 27.6 Å². The molecule has 0 bridgehead atoms. The number of carbonyl (C=O) groups excluding carboxylic acids is 1. The van der Waals surface area contributed by atoms with Crippen LogP contribution < -0.4 is 9.64 Å². The average molecular weight is 470 g/mol. The molecule has 0 fully saturated rings. The molecule has 0 heterocycles. The van der Waals surface area contributed by atoms with Gasteiger partial charge in [0.05, 0.1) is 22.3 Å². The molecule has 29 heavy (non-hydrogen) atoms. The van der Waals surface area contributed by atoms with E-state index in [1.165, 1.54) is 24.3 Å². The highest BCUT2D eigenvalue weighted by Crippen LogP contribution is 2.40. The van der Waals surface area contributed by atoms with Crippen LogP contribution >= 0.6 is 15.9 Å². The maximum absolute atomic E-state index is 12.5. The van der Waals surface area contributed by atoms with Crippen molar-refractivity contribution in [2.45, 2.75) is 27.1 Å². The van der Waals surface area contributed by atoms with Gasteiger partial charge in [-0.05, 0) is 71.6 Å². The standard InChI is InChI=1S/C21H19BrF3NO3/c1-5-11-26(4)19-13(3)16(12-17(18(19)22)20(27)28-6-2)14-7-9-15(10-8-14)29-21(23,24)25/h7-10,12H,6H2,1-4H3. The Bertz CT molecular complexity index is 960. The molecule has 2 aromatic rings. The Morgan fingerprint density at radius 3 is 2.38 bits per heavy atom. The lowest BCUT2D eigenvalue weighted by molar-refractivity contribution is -0.274. The largest absolute Gasteiger partial charge is 0.573 e. The molecule has 0 aliphatic carbocycles. The van der Waals surface area contributed by atoms with E-state index in [4.69, 9.17) is 4.74 Å². The number of halogens is 4. The van der Waals surface area contributed by atoms with Crippen molar-refractivity contribution in [3.05, 3.63) is 45.9 Å². The van der Waals surface area contributed by atoms with Gasteiger partial charge in [-0.2, -0.15) is 0 Å². The molecule has 4 nitrogen and oxygen atoms in total. The first kappa shape index (κ1) is 22.6. The van der Waals surface area contributed by atoms with Crippen LogP contribution in [0.1, 0.15) is 29.8 Å². The maximum atomic E-state index is 12.5. The van der Waals surface area contributed by atoms with Crippen LogP contribution in [0.15, 0.2) is 34.8 Å². The zero-order chi connectivity index (χ0) is 21.8. The lowest BCUT2D eigenvalue weighted by Crippen LogP contribution is -2.17. The maximum Gasteiger partial charge on any atom is 0.573 e. The normalized spacial score (nSPS) is 10.8. The van der Waals surface area contributed by atoms with Gasteiger partial charge >= 0.3 is 12.3 Å². The topological polar surface area (TPSA) is 38.8 Å². The van der Waals surface area contributed by atoms with E-state index in [1.807, 2.05) is 6.92 Å². The van der Waals surface area contributed by atoms with Crippen LogP contribution in [0.4, 0.5) is 18.9 Å². The number of anilines is 1. The summed E-state index contributed by atoms with van der Waals surface area (Å²) in [6.45, 7) is 5.45. The van der Waals surface area contributed by atoms with Crippen LogP contribution in [0.3, 0.4) is 0 Å². The number of alkyl halides is 3. The van der Waals surface area contributed by atoms with Crippen molar-refractivity contribution in [1.82, 2.24) is 0 Å². The molecular formula is C21H19BrF3NO3. The van der Waals surface area contributed by atoms with Crippen LogP contribution in [0.2, 0.25) is 0 Å². The van der Waals surface area contributed by atoms with Gasteiger partial charge in [0.1, 0.15) is 5.75 Å². The summed E-state index contributed by atoms with van der Waals surface area (Å²) in [4.78, 5) is 14.1. The van der Waals surface area contributed by atoms with E-state index in [2.05, 4.69) is 32.6 Å². The van der Waals surface area contributed by atoms with Crippen LogP contribution in [0, 0.1) is 18.9 Å². The predicted octanol–water partition coefficient (Wildman–Crippen LogP) is 5.92. The minimum Gasteiger partial charge on any atom is -0.462 e. The zero-order valence-corrected chi connectivity index (χ0v) is 17.9. The second-order valence-corrected chi connectivity index (χ2v) is 6.77. The fraction of sp³-hybridized carbons (Fsp3) is 0.286. The van der Waals surface area contributed by atoms with Crippen molar-refractivity contribution in [2.75, 3.05) is 18.6 Å². The third-order valence-corrected chi connectivity index (χ3v) is 4.80. The Hall–Kier alpha value is -2.66. The van der Waals surface area contributed by atoms with Gasteiger partial charge in [0.15, 0.2) is 0 Å². The van der Waals surface area contributed by atoms with Gasteiger partial charge in [-0.1, -0.05) is 18.1 Å². The van der Waals surface area contributed by atoms with Gasteiger partial charge in [-0.15, -0.1) is 13.2 Å². The van der Waals surface area contributed by atoms with E-state index in [-0.39, 0.29) is 12.4 Å². The Labute approximate surface area is 175 Å². The summed E-state index contributed by atoms with van der Waals surface area (Å²) in [7, 11) is 1.75.